The molecule has 50 heavy (non-hydrogen) atoms. The van der Waals surface area contributed by atoms with Gasteiger partial charge in [0.25, 0.3) is 0 Å². The minimum atomic E-state index is -3.69. The van der Waals surface area contributed by atoms with Crippen LogP contribution in [0.1, 0.15) is 31.2 Å². The van der Waals surface area contributed by atoms with E-state index >= 15 is 0 Å². The molecular weight excluding hydrogens is 680 g/mol. The third-order valence-electron chi connectivity index (χ3n) is 9.70. The summed E-state index contributed by atoms with van der Waals surface area (Å²) in [6.45, 7) is 2.79. The normalized spacial score (nSPS) is 19.3. The summed E-state index contributed by atoms with van der Waals surface area (Å²) < 4.78 is 28.2. The lowest BCUT2D eigenvalue weighted by Crippen LogP contribution is -2.52. The van der Waals surface area contributed by atoms with E-state index in [-0.39, 0.29) is 35.5 Å². The maximum Gasteiger partial charge on any atom is 0.244 e. The van der Waals surface area contributed by atoms with E-state index in [1.807, 2.05) is 31.3 Å². The van der Waals surface area contributed by atoms with Crippen molar-refractivity contribution in [3.63, 3.8) is 0 Å². The molecule has 1 saturated heterocycles. The number of nitrogens with zero attached hydrogens (tertiary/aromatic N) is 7. The molecule has 2 amide bonds. The molecule has 2 fully saturated rings. The summed E-state index contributed by atoms with van der Waals surface area (Å²) in [6, 6.07) is 15.3. The zero-order valence-electron chi connectivity index (χ0n) is 27.9. The van der Waals surface area contributed by atoms with Gasteiger partial charge in [-0.2, -0.15) is 4.31 Å². The van der Waals surface area contributed by atoms with Crippen molar-refractivity contribution in [3.8, 4) is 22.5 Å². The van der Waals surface area contributed by atoms with E-state index in [4.69, 9.17) is 11.5 Å². The second-order valence-corrected chi connectivity index (χ2v) is 14.8. The van der Waals surface area contributed by atoms with Gasteiger partial charge in [0.05, 0.1) is 0 Å². The van der Waals surface area contributed by atoms with Crippen LogP contribution in [0.5, 0.6) is 0 Å². The van der Waals surface area contributed by atoms with Crippen LogP contribution in [0, 0.1) is 11.8 Å². The van der Waals surface area contributed by atoms with Crippen molar-refractivity contribution >= 4 is 39.9 Å². The fourth-order valence-electron chi connectivity index (χ4n) is 6.63. The van der Waals surface area contributed by atoms with Crippen LogP contribution in [0.3, 0.4) is 0 Å². The number of nitrogens with one attached hydrogen (secondary N) is 1. The number of hydrogen-bond acceptors (Lipinski definition) is 10. The van der Waals surface area contributed by atoms with Crippen LogP contribution in [0.2, 0.25) is 0 Å². The van der Waals surface area contributed by atoms with Crippen molar-refractivity contribution in [1.29, 1.82) is 0 Å². The number of carbonyl (C=O) groups is 2. The Morgan fingerprint density at radius 1 is 0.940 bits per heavy atom. The highest BCUT2D eigenvalue weighted by Gasteiger charge is 2.36. The Kier molecular flexibility index (Phi) is 12.0. The molecule has 0 spiro atoms. The number of primary amides is 1. The van der Waals surface area contributed by atoms with Crippen LogP contribution in [0.4, 0.5) is 5.69 Å². The Bertz CT molecular complexity index is 1840. The molecule has 0 bridgehead atoms. The molecule has 1 atom stereocenters. The summed E-state index contributed by atoms with van der Waals surface area (Å²) in [5.74, 6) is -0.154. The highest BCUT2D eigenvalue weighted by Crippen LogP contribution is 2.33. The van der Waals surface area contributed by atoms with Gasteiger partial charge in [0.2, 0.25) is 21.8 Å². The molecule has 5 N–H and O–H groups in total. The number of pyridine rings is 1. The maximum atomic E-state index is 14.2. The van der Waals surface area contributed by atoms with Crippen molar-refractivity contribution in [2.75, 3.05) is 44.7 Å². The maximum absolute atomic E-state index is 14.2. The van der Waals surface area contributed by atoms with Crippen LogP contribution in [0.25, 0.3) is 22.5 Å². The number of aromatic nitrogens is 5. The predicted octanol–water partition coefficient (Wildman–Crippen LogP) is 2.48. The van der Waals surface area contributed by atoms with Gasteiger partial charge in [0.1, 0.15) is 10.9 Å². The van der Waals surface area contributed by atoms with Crippen molar-refractivity contribution in [1.82, 2.24) is 34.8 Å². The smallest absolute Gasteiger partial charge is 0.244 e. The first-order valence-electron chi connectivity index (χ1n) is 16.5. The van der Waals surface area contributed by atoms with Gasteiger partial charge in [-0.05, 0) is 97.1 Å². The average Bonchev–Trinajstić information content (AvgIpc) is 3.67. The van der Waals surface area contributed by atoms with E-state index in [9.17, 15) is 18.0 Å². The van der Waals surface area contributed by atoms with E-state index in [2.05, 4.69) is 30.5 Å². The van der Waals surface area contributed by atoms with Crippen LogP contribution >= 0.6 is 12.4 Å². The average molecular weight is 723 g/mol. The minimum Gasteiger partial charge on any atom is -0.368 e. The Morgan fingerprint density at radius 2 is 1.60 bits per heavy atom. The second-order valence-electron chi connectivity index (χ2n) is 12.9. The predicted molar refractivity (Wildman–Crippen MR) is 191 cm³/mol. The molecule has 266 valence electrons. The number of amides is 2. The van der Waals surface area contributed by atoms with Crippen LogP contribution < -0.4 is 16.4 Å². The van der Waals surface area contributed by atoms with E-state index in [1.54, 1.807) is 41.4 Å². The first-order chi connectivity index (χ1) is 23.6. The molecule has 0 unspecified atom stereocenters. The molecule has 16 heteroatoms. The van der Waals surface area contributed by atoms with Crippen molar-refractivity contribution in [3.05, 3.63) is 72.6 Å². The van der Waals surface area contributed by atoms with E-state index in [0.717, 1.165) is 29.5 Å². The number of rotatable bonds is 11. The molecule has 1 saturated carbocycles. The first-order valence-corrected chi connectivity index (χ1v) is 18.0. The number of H-pyrrole nitrogens is 1. The topological polar surface area (TPSA) is 197 Å². The van der Waals surface area contributed by atoms with Gasteiger partial charge in [-0.1, -0.05) is 24.3 Å². The Labute approximate surface area is 298 Å². The monoisotopic (exact) mass is 722 g/mol. The molecule has 6 rings (SSSR count). The van der Waals surface area contributed by atoms with Gasteiger partial charge < -0.3 is 16.4 Å². The Hall–Kier alpha value is -4.28. The summed E-state index contributed by atoms with van der Waals surface area (Å²) in [5.41, 5.74) is 15.4. The third kappa shape index (κ3) is 8.19. The van der Waals surface area contributed by atoms with E-state index in [0.29, 0.717) is 68.6 Å². The summed E-state index contributed by atoms with van der Waals surface area (Å²) in [6.07, 6.45) is 6.28. The molecule has 1 aliphatic heterocycles. The fraction of sp³-hybridized carbons (Fsp3) is 0.412. The number of hydrogen-bond donors (Lipinski definition) is 3. The number of nitrogens with two attached hydrogens (primary N) is 2. The highest BCUT2D eigenvalue weighted by molar-refractivity contribution is 7.89. The number of halogens is 1. The number of tetrazole rings is 1. The third-order valence-corrected chi connectivity index (χ3v) is 11.6. The SMILES string of the molecule is CN1CCN(S(=O)(=O)c2cncc(-c3ccc(C[C@@H](C(N)=O)N(c4ccc(-c5nnn[nH]5)cc4)C(=O)[C@H]4CC[C@H](CN)CC4)cc3)c2)CC1.Cl. The molecule has 2 aromatic carbocycles. The molecule has 2 aromatic heterocycles. The van der Waals surface area contributed by atoms with Crippen LogP contribution in [-0.4, -0.2) is 101 Å². The molecule has 1 aliphatic carbocycles. The summed E-state index contributed by atoms with van der Waals surface area (Å²) in [7, 11) is -1.71. The number of likely N-dealkylation sites (N-methyl/N-ethyl adjacent to an activating group) is 1. The van der Waals surface area contributed by atoms with E-state index in [1.165, 1.54) is 10.5 Å². The number of benzene rings is 2. The largest absolute Gasteiger partial charge is 0.368 e. The Morgan fingerprint density at radius 3 is 2.20 bits per heavy atom. The number of aromatic amines is 1. The van der Waals surface area contributed by atoms with Gasteiger partial charge in [-0.3, -0.25) is 19.5 Å². The molecule has 0 radical (unpaired) electrons. The zero-order chi connectivity index (χ0) is 34.5. The molecule has 2 aliphatic rings. The summed E-state index contributed by atoms with van der Waals surface area (Å²) >= 11 is 0. The van der Waals surface area contributed by atoms with Gasteiger partial charge in [0, 0.05) is 67.7 Å². The molecule has 14 nitrogen and oxygen atoms in total. The lowest BCUT2D eigenvalue weighted by molar-refractivity contribution is -0.127. The fourth-order valence-corrected chi connectivity index (χ4v) is 8.05. The molecular formula is C34H43ClN10O4S. The lowest BCUT2D eigenvalue weighted by atomic mass is 9.81. The Balaban J connectivity index is 0.00000486. The first kappa shape index (κ1) is 37.0. The van der Waals surface area contributed by atoms with Crippen molar-refractivity contribution in [2.24, 2.45) is 23.3 Å². The van der Waals surface area contributed by atoms with Crippen molar-refractivity contribution in [2.45, 2.75) is 43.0 Å². The van der Waals surface area contributed by atoms with E-state index < -0.39 is 22.0 Å². The molecule has 4 aromatic rings. The van der Waals surface area contributed by atoms with Crippen LogP contribution in [0.15, 0.2) is 71.9 Å². The van der Waals surface area contributed by atoms with Crippen molar-refractivity contribution < 1.29 is 18.0 Å². The number of piperazine rings is 1. The second kappa shape index (κ2) is 16.2. The number of carbonyl (C=O) groups excluding carboxylic acids is 2. The molecule has 3 heterocycles. The van der Waals surface area contributed by atoms with Gasteiger partial charge in [-0.25, -0.2) is 13.5 Å². The van der Waals surface area contributed by atoms with Gasteiger partial charge in [0.15, 0.2) is 5.82 Å². The van der Waals surface area contributed by atoms with Gasteiger partial charge in [-0.15, -0.1) is 17.5 Å². The zero-order valence-corrected chi connectivity index (χ0v) is 29.5. The minimum absolute atomic E-state index is 0. The standard InChI is InChI=1S/C34H42N10O4S.ClH/c1-42-14-16-43(17-15-42)49(47,48)30-19-28(21-37-22-30)25-6-2-23(3-7-25)18-31(32(36)45)44(34(46)27-8-4-24(20-35)5-9-27)29-12-10-26(11-13-29)33-38-40-41-39-33;/h2-3,6-7,10-13,19,21-22,24,27,31H,4-5,8-9,14-18,20,35H2,1H3,(H2,36,45)(H,38,39,40,41);1H/t24-,27-,31-;/m0./s1. The highest BCUT2D eigenvalue weighted by atomic mass is 35.5. The quantitative estimate of drug-likeness (QED) is 0.207. The summed E-state index contributed by atoms with van der Waals surface area (Å²) in [5, 5.41) is 13.9. The van der Waals surface area contributed by atoms with Crippen LogP contribution in [-0.2, 0) is 26.0 Å². The summed E-state index contributed by atoms with van der Waals surface area (Å²) in [4.78, 5) is 35.4. The lowest BCUT2D eigenvalue weighted by Gasteiger charge is -2.35. The van der Waals surface area contributed by atoms with Gasteiger partial charge >= 0.3 is 0 Å². The number of sulfonamides is 1. The number of anilines is 1.